The zero-order chi connectivity index (χ0) is 12.1. The fourth-order valence-corrected chi connectivity index (χ4v) is 1.57. The van der Waals surface area contributed by atoms with Crippen LogP contribution in [0.15, 0.2) is 12.1 Å². The van der Waals surface area contributed by atoms with E-state index in [0.717, 1.165) is 0 Å². The van der Waals surface area contributed by atoms with Crippen LogP contribution in [-0.2, 0) is 6.42 Å². The summed E-state index contributed by atoms with van der Waals surface area (Å²) in [4.78, 5) is 11.2. The van der Waals surface area contributed by atoms with Crippen LogP contribution in [0.4, 0.5) is 0 Å². The van der Waals surface area contributed by atoms with Crippen LogP contribution in [0, 0.1) is 0 Å². The van der Waals surface area contributed by atoms with Crippen LogP contribution >= 0.6 is 0 Å². The van der Waals surface area contributed by atoms with Crippen molar-refractivity contribution in [1.29, 1.82) is 0 Å². The molecule has 0 spiro atoms. The predicted molar refractivity (Wildman–Crippen MR) is 59.3 cm³/mol. The van der Waals surface area contributed by atoms with E-state index in [-0.39, 0.29) is 11.3 Å². The zero-order valence-corrected chi connectivity index (χ0v) is 9.32. The number of rotatable bonds is 5. The molecule has 0 aromatic heterocycles. The third-order valence-corrected chi connectivity index (χ3v) is 2.26. The Hall–Kier alpha value is -1.75. The molecule has 0 aliphatic rings. The van der Waals surface area contributed by atoms with Crippen molar-refractivity contribution in [2.24, 2.45) is 5.73 Å². The second-order valence-corrected chi connectivity index (χ2v) is 3.18. The lowest BCUT2D eigenvalue weighted by Gasteiger charge is -2.13. The van der Waals surface area contributed by atoms with Gasteiger partial charge in [-0.25, -0.2) is 4.79 Å². The largest absolute Gasteiger partial charge is 0.493 e. The molecule has 0 fully saturated rings. The van der Waals surface area contributed by atoms with Gasteiger partial charge >= 0.3 is 5.97 Å². The first-order valence-electron chi connectivity index (χ1n) is 4.82. The fourth-order valence-electron chi connectivity index (χ4n) is 1.57. The van der Waals surface area contributed by atoms with Crippen LogP contribution in [0.1, 0.15) is 15.9 Å². The van der Waals surface area contributed by atoms with Crippen molar-refractivity contribution in [3.8, 4) is 11.5 Å². The maximum atomic E-state index is 11.2. The molecule has 0 heterocycles. The summed E-state index contributed by atoms with van der Waals surface area (Å²) < 4.78 is 10.1. The number of aromatic carboxylic acids is 1. The number of ether oxygens (including phenoxy) is 2. The zero-order valence-electron chi connectivity index (χ0n) is 9.32. The van der Waals surface area contributed by atoms with Crippen LogP contribution < -0.4 is 15.2 Å². The predicted octanol–water partition coefficient (Wildman–Crippen LogP) is 0.903. The summed E-state index contributed by atoms with van der Waals surface area (Å²) in [5, 5.41) is 9.15. The van der Waals surface area contributed by atoms with Crippen molar-refractivity contribution in [2.45, 2.75) is 6.42 Å². The van der Waals surface area contributed by atoms with Crippen molar-refractivity contribution >= 4 is 5.97 Å². The maximum Gasteiger partial charge on any atom is 0.339 e. The molecule has 16 heavy (non-hydrogen) atoms. The molecule has 0 unspecified atom stereocenters. The Morgan fingerprint density at radius 2 is 2.06 bits per heavy atom. The van der Waals surface area contributed by atoms with Gasteiger partial charge in [0, 0.05) is 0 Å². The average Bonchev–Trinajstić information content (AvgIpc) is 2.28. The van der Waals surface area contributed by atoms with E-state index < -0.39 is 5.97 Å². The minimum absolute atomic E-state index is 0.118. The normalized spacial score (nSPS) is 9.94. The van der Waals surface area contributed by atoms with Gasteiger partial charge in [0.25, 0.3) is 0 Å². The molecule has 0 saturated carbocycles. The molecule has 0 radical (unpaired) electrons. The SMILES string of the molecule is COc1ccc(CCN)c(C(=O)O)c1OC. The molecular weight excluding hydrogens is 210 g/mol. The lowest BCUT2D eigenvalue weighted by molar-refractivity contribution is 0.0691. The summed E-state index contributed by atoms with van der Waals surface area (Å²) in [6.07, 6.45) is 0.488. The smallest absolute Gasteiger partial charge is 0.339 e. The maximum absolute atomic E-state index is 11.2. The van der Waals surface area contributed by atoms with E-state index in [1.807, 2.05) is 0 Å². The van der Waals surface area contributed by atoms with Crippen LogP contribution in [0.25, 0.3) is 0 Å². The van der Waals surface area contributed by atoms with Crippen molar-refractivity contribution in [1.82, 2.24) is 0 Å². The summed E-state index contributed by atoms with van der Waals surface area (Å²) in [5.74, 6) is -0.402. The first-order chi connectivity index (χ1) is 7.65. The number of carboxylic acids is 1. The molecule has 1 aromatic carbocycles. The van der Waals surface area contributed by atoms with Gasteiger partial charge in [-0.2, -0.15) is 0 Å². The van der Waals surface area contributed by atoms with Crippen LogP contribution in [-0.4, -0.2) is 31.8 Å². The lowest BCUT2D eigenvalue weighted by atomic mass is 10.0. The van der Waals surface area contributed by atoms with E-state index in [4.69, 9.17) is 20.3 Å². The van der Waals surface area contributed by atoms with Gasteiger partial charge in [0.15, 0.2) is 11.5 Å². The summed E-state index contributed by atoms with van der Waals surface area (Å²) in [7, 11) is 2.88. The molecule has 0 saturated heterocycles. The summed E-state index contributed by atoms with van der Waals surface area (Å²) >= 11 is 0. The Balaban J connectivity index is 3.37. The molecule has 0 atom stereocenters. The van der Waals surface area contributed by atoms with Gasteiger partial charge in [0.2, 0.25) is 0 Å². The highest BCUT2D eigenvalue weighted by Crippen LogP contribution is 2.33. The molecule has 1 rings (SSSR count). The van der Waals surface area contributed by atoms with Crippen molar-refractivity contribution in [2.75, 3.05) is 20.8 Å². The van der Waals surface area contributed by atoms with Crippen molar-refractivity contribution in [3.63, 3.8) is 0 Å². The van der Waals surface area contributed by atoms with Gasteiger partial charge in [-0.3, -0.25) is 0 Å². The Labute approximate surface area is 93.8 Å². The summed E-state index contributed by atoms with van der Waals surface area (Å²) in [6, 6.07) is 3.37. The molecule has 5 heteroatoms. The van der Waals surface area contributed by atoms with E-state index in [1.54, 1.807) is 12.1 Å². The van der Waals surface area contributed by atoms with E-state index in [0.29, 0.717) is 24.3 Å². The second kappa shape index (κ2) is 5.37. The standard InChI is InChI=1S/C11H15NO4/c1-15-8-4-3-7(5-6-12)9(11(13)14)10(8)16-2/h3-4H,5-6,12H2,1-2H3,(H,13,14). The van der Waals surface area contributed by atoms with Gasteiger partial charge in [0.1, 0.15) is 5.56 Å². The Bertz CT molecular complexity index is 390. The Kier molecular flexibility index (Phi) is 4.13. The molecule has 0 amide bonds. The van der Waals surface area contributed by atoms with Crippen molar-refractivity contribution < 1.29 is 19.4 Å². The van der Waals surface area contributed by atoms with Gasteiger partial charge in [-0.1, -0.05) is 6.07 Å². The van der Waals surface area contributed by atoms with Crippen LogP contribution in [0.5, 0.6) is 11.5 Å². The van der Waals surface area contributed by atoms with Crippen molar-refractivity contribution in [3.05, 3.63) is 23.3 Å². The highest BCUT2D eigenvalue weighted by molar-refractivity contribution is 5.93. The van der Waals surface area contributed by atoms with E-state index in [2.05, 4.69) is 0 Å². The molecule has 5 nitrogen and oxygen atoms in total. The van der Waals surface area contributed by atoms with E-state index >= 15 is 0 Å². The Morgan fingerprint density at radius 3 is 2.50 bits per heavy atom. The quantitative estimate of drug-likeness (QED) is 0.778. The minimum Gasteiger partial charge on any atom is -0.493 e. The molecule has 0 aliphatic heterocycles. The second-order valence-electron chi connectivity index (χ2n) is 3.18. The number of carboxylic acid groups (broad SMARTS) is 1. The molecular formula is C11H15NO4. The molecule has 0 aliphatic carbocycles. The number of benzene rings is 1. The number of hydrogen-bond donors (Lipinski definition) is 2. The third kappa shape index (κ3) is 2.25. The number of nitrogens with two attached hydrogens (primary N) is 1. The highest BCUT2D eigenvalue weighted by atomic mass is 16.5. The Morgan fingerprint density at radius 1 is 1.38 bits per heavy atom. The molecule has 0 bridgehead atoms. The molecule has 3 N–H and O–H groups in total. The van der Waals surface area contributed by atoms with Gasteiger partial charge in [-0.05, 0) is 24.6 Å². The number of hydrogen-bond acceptors (Lipinski definition) is 4. The van der Waals surface area contributed by atoms with Gasteiger partial charge in [0.05, 0.1) is 14.2 Å². The number of methoxy groups -OCH3 is 2. The van der Waals surface area contributed by atoms with Gasteiger partial charge < -0.3 is 20.3 Å². The van der Waals surface area contributed by atoms with Crippen LogP contribution in [0.2, 0.25) is 0 Å². The summed E-state index contributed by atoms with van der Waals surface area (Å²) in [5.41, 5.74) is 6.19. The van der Waals surface area contributed by atoms with E-state index in [1.165, 1.54) is 14.2 Å². The minimum atomic E-state index is -1.04. The topological polar surface area (TPSA) is 81.8 Å². The third-order valence-electron chi connectivity index (χ3n) is 2.26. The highest BCUT2D eigenvalue weighted by Gasteiger charge is 2.20. The monoisotopic (exact) mass is 225 g/mol. The average molecular weight is 225 g/mol. The number of carbonyl (C=O) groups is 1. The molecule has 88 valence electrons. The first kappa shape index (κ1) is 12.3. The van der Waals surface area contributed by atoms with E-state index in [9.17, 15) is 4.79 Å². The summed E-state index contributed by atoms with van der Waals surface area (Å²) in [6.45, 7) is 0.385. The van der Waals surface area contributed by atoms with Crippen LogP contribution in [0.3, 0.4) is 0 Å². The molecule has 1 aromatic rings. The lowest BCUT2D eigenvalue weighted by Crippen LogP contribution is -2.11. The fraction of sp³-hybridized carbons (Fsp3) is 0.364. The van der Waals surface area contributed by atoms with Gasteiger partial charge in [-0.15, -0.1) is 0 Å². The first-order valence-corrected chi connectivity index (χ1v) is 4.82.